The van der Waals surface area contributed by atoms with Crippen LogP contribution in [-0.4, -0.2) is 18.1 Å². The van der Waals surface area contributed by atoms with Crippen molar-refractivity contribution in [2.75, 3.05) is 13.2 Å². The molecule has 1 atom stereocenters. The van der Waals surface area contributed by atoms with E-state index in [1.807, 2.05) is 6.07 Å². The largest absolute Gasteiger partial charge is 0.496 e. The van der Waals surface area contributed by atoms with Crippen LogP contribution in [0.25, 0.3) is 0 Å². The fourth-order valence-corrected chi connectivity index (χ4v) is 2.14. The number of ether oxygens (including phenoxy) is 1. The molecule has 0 spiro atoms. The molecule has 1 aliphatic rings. The van der Waals surface area contributed by atoms with E-state index in [0.717, 1.165) is 37.3 Å². The van der Waals surface area contributed by atoms with Crippen LogP contribution in [0.1, 0.15) is 31.4 Å². The van der Waals surface area contributed by atoms with Crippen molar-refractivity contribution in [1.82, 2.24) is 10.3 Å². The van der Waals surface area contributed by atoms with Gasteiger partial charge in [-0.1, -0.05) is 18.5 Å². The van der Waals surface area contributed by atoms with Gasteiger partial charge < -0.3 is 10.1 Å². The molecule has 0 saturated heterocycles. The van der Waals surface area contributed by atoms with E-state index in [4.69, 9.17) is 16.3 Å². The Hall–Kier alpha value is -1.06. The molecule has 1 aromatic rings. The average Bonchev–Trinajstić information content (AvgIpc) is 2.85. The molecule has 1 aromatic heterocycles. The Labute approximate surface area is 107 Å². The van der Waals surface area contributed by atoms with Crippen LogP contribution in [0.4, 0.5) is 0 Å². The van der Waals surface area contributed by atoms with Gasteiger partial charge in [0.1, 0.15) is 5.76 Å². The lowest BCUT2D eigenvalue weighted by atomic mass is 10.1. The molecule has 1 N–H and O–H groups in total. The van der Waals surface area contributed by atoms with Gasteiger partial charge in [0.25, 0.3) is 0 Å². The molecule has 0 saturated carbocycles. The zero-order chi connectivity index (χ0) is 12.1. The molecular weight excluding hydrogens is 236 g/mol. The van der Waals surface area contributed by atoms with Crippen LogP contribution in [0.15, 0.2) is 30.3 Å². The highest BCUT2D eigenvalue weighted by molar-refractivity contribution is 6.31. The quantitative estimate of drug-likeness (QED) is 0.875. The van der Waals surface area contributed by atoms with Crippen molar-refractivity contribution in [3.8, 4) is 0 Å². The Morgan fingerprint density at radius 1 is 1.59 bits per heavy atom. The van der Waals surface area contributed by atoms with Crippen molar-refractivity contribution in [3.05, 3.63) is 40.9 Å². The van der Waals surface area contributed by atoms with Crippen LogP contribution >= 0.6 is 11.6 Å². The SMILES string of the molecule is CCCNC(C1=CCCO1)c1ccncc1Cl. The number of halogens is 1. The van der Waals surface area contributed by atoms with Crippen molar-refractivity contribution in [1.29, 1.82) is 0 Å². The Balaban J connectivity index is 2.23. The molecule has 3 nitrogen and oxygen atoms in total. The van der Waals surface area contributed by atoms with E-state index in [1.165, 1.54) is 0 Å². The van der Waals surface area contributed by atoms with E-state index in [1.54, 1.807) is 12.4 Å². The third kappa shape index (κ3) is 2.99. The van der Waals surface area contributed by atoms with Crippen molar-refractivity contribution in [2.24, 2.45) is 0 Å². The predicted molar refractivity (Wildman–Crippen MR) is 68.9 cm³/mol. The molecule has 0 aromatic carbocycles. The zero-order valence-electron chi connectivity index (χ0n) is 9.95. The second-order valence-electron chi connectivity index (χ2n) is 4.03. The molecular formula is C13H17ClN2O. The Morgan fingerprint density at radius 3 is 3.12 bits per heavy atom. The molecule has 2 heterocycles. The summed E-state index contributed by atoms with van der Waals surface area (Å²) in [6.07, 6.45) is 7.61. The smallest absolute Gasteiger partial charge is 0.114 e. The summed E-state index contributed by atoms with van der Waals surface area (Å²) in [4.78, 5) is 4.01. The molecule has 0 radical (unpaired) electrons. The summed E-state index contributed by atoms with van der Waals surface area (Å²) in [5.74, 6) is 0.978. The van der Waals surface area contributed by atoms with E-state index >= 15 is 0 Å². The number of nitrogens with zero attached hydrogens (tertiary/aromatic N) is 1. The van der Waals surface area contributed by atoms with E-state index in [0.29, 0.717) is 5.02 Å². The Bertz CT molecular complexity index is 406. The highest BCUT2D eigenvalue weighted by Gasteiger charge is 2.22. The normalized spacial score (nSPS) is 16.5. The second-order valence-corrected chi connectivity index (χ2v) is 4.44. The summed E-state index contributed by atoms with van der Waals surface area (Å²) < 4.78 is 5.64. The zero-order valence-corrected chi connectivity index (χ0v) is 10.7. The van der Waals surface area contributed by atoms with Gasteiger partial charge in [0.05, 0.1) is 17.7 Å². The number of hydrogen-bond donors (Lipinski definition) is 1. The number of nitrogens with one attached hydrogen (secondary N) is 1. The third-order valence-corrected chi connectivity index (χ3v) is 3.05. The van der Waals surface area contributed by atoms with Crippen molar-refractivity contribution in [2.45, 2.75) is 25.8 Å². The molecule has 0 bridgehead atoms. The van der Waals surface area contributed by atoms with Crippen molar-refractivity contribution >= 4 is 11.6 Å². The minimum absolute atomic E-state index is 0.0490. The van der Waals surface area contributed by atoms with Gasteiger partial charge in [-0.15, -0.1) is 0 Å². The van der Waals surface area contributed by atoms with Gasteiger partial charge in [0, 0.05) is 18.8 Å². The Kier molecular flexibility index (Phi) is 4.40. The van der Waals surface area contributed by atoms with Crippen LogP contribution in [0, 0.1) is 0 Å². The van der Waals surface area contributed by atoms with Gasteiger partial charge >= 0.3 is 0 Å². The van der Waals surface area contributed by atoms with E-state index in [9.17, 15) is 0 Å². The van der Waals surface area contributed by atoms with Crippen molar-refractivity contribution in [3.63, 3.8) is 0 Å². The summed E-state index contributed by atoms with van der Waals surface area (Å²) in [7, 11) is 0. The highest BCUT2D eigenvalue weighted by Crippen LogP contribution is 2.30. The van der Waals surface area contributed by atoms with Crippen LogP contribution in [-0.2, 0) is 4.74 Å². The number of rotatable bonds is 5. The third-order valence-electron chi connectivity index (χ3n) is 2.73. The van der Waals surface area contributed by atoms with E-state index < -0.39 is 0 Å². The summed E-state index contributed by atoms with van der Waals surface area (Å²) in [5.41, 5.74) is 1.03. The molecule has 4 heteroatoms. The van der Waals surface area contributed by atoms with Gasteiger partial charge in [-0.3, -0.25) is 4.98 Å². The van der Waals surface area contributed by atoms with Gasteiger partial charge in [-0.25, -0.2) is 0 Å². The van der Waals surface area contributed by atoms with Crippen LogP contribution < -0.4 is 5.32 Å². The maximum Gasteiger partial charge on any atom is 0.114 e. The molecule has 17 heavy (non-hydrogen) atoms. The summed E-state index contributed by atoms with van der Waals surface area (Å²) in [6, 6.07) is 1.99. The average molecular weight is 253 g/mol. The van der Waals surface area contributed by atoms with Crippen LogP contribution in [0.2, 0.25) is 5.02 Å². The fourth-order valence-electron chi connectivity index (χ4n) is 1.91. The first kappa shape index (κ1) is 12.4. The lowest BCUT2D eigenvalue weighted by molar-refractivity contribution is 0.215. The number of pyridine rings is 1. The van der Waals surface area contributed by atoms with Crippen molar-refractivity contribution < 1.29 is 4.74 Å². The number of hydrogen-bond acceptors (Lipinski definition) is 3. The first-order valence-electron chi connectivity index (χ1n) is 5.98. The molecule has 2 rings (SSSR count). The first-order valence-corrected chi connectivity index (χ1v) is 6.36. The molecule has 0 fully saturated rings. The molecule has 1 unspecified atom stereocenters. The molecule has 0 aliphatic carbocycles. The predicted octanol–water partition coefficient (Wildman–Crippen LogP) is 3.08. The standard InChI is InChI=1S/C13H17ClN2O/c1-2-6-16-13(12-4-3-8-17-12)10-5-7-15-9-11(10)14/h4-5,7,9,13,16H,2-3,6,8H2,1H3. The fraction of sp³-hybridized carbons (Fsp3) is 0.462. The minimum Gasteiger partial charge on any atom is -0.496 e. The summed E-state index contributed by atoms with van der Waals surface area (Å²) in [5, 5.41) is 4.14. The first-order chi connectivity index (χ1) is 8.33. The minimum atomic E-state index is 0.0490. The lowest BCUT2D eigenvalue weighted by Crippen LogP contribution is -2.24. The maximum absolute atomic E-state index is 6.19. The van der Waals surface area contributed by atoms with Gasteiger partial charge in [0.15, 0.2) is 0 Å². The highest BCUT2D eigenvalue weighted by atomic mass is 35.5. The monoisotopic (exact) mass is 252 g/mol. The Morgan fingerprint density at radius 2 is 2.47 bits per heavy atom. The van der Waals surface area contributed by atoms with Gasteiger partial charge in [0.2, 0.25) is 0 Å². The molecule has 0 amide bonds. The molecule has 92 valence electrons. The summed E-state index contributed by atoms with van der Waals surface area (Å²) in [6.45, 7) is 3.84. The summed E-state index contributed by atoms with van der Waals surface area (Å²) >= 11 is 6.19. The topological polar surface area (TPSA) is 34.1 Å². The van der Waals surface area contributed by atoms with Crippen LogP contribution in [0.3, 0.4) is 0 Å². The van der Waals surface area contributed by atoms with Gasteiger partial charge in [-0.05, 0) is 30.7 Å². The van der Waals surface area contributed by atoms with Crippen LogP contribution in [0.5, 0.6) is 0 Å². The molecule has 1 aliphatic heterocycles. The second kappa shape index (κ2) is 6.03. The van der Waals surface area contributed by atoms with E-state index in [2.05, 4.69) is 23.3 Å². The van der Waals surface area contributed by atoms with Gasteiger partial charge in [-0.2, -0.15) is 0 Å². The number of aromatic nitrogens is 1. The van der Waals surface area contributed by atoms with E-state index in [-0.39, 0.29) is 6.04 Å². The maximum atomic E-state index is 6.19. The lowest BCUT2D eigenvalue weighted by Gasteiger charge is -2.20.